The third-order valence-electron chi connectivity index (χ3n) is 3.24. The molecule has 2 N–H and O–H groups in total. The molecular weight excluding hydrogens is 258 g/mol. The summed E-state index contributed by atoms with van der Waals surface area (Å²) in [5.74, 6) is -0.0809. The number of morpholine rings is 1. The van der Waals surface area contributed by atoms with Gasteiger partial charge in [-0.1, -0.05) is 0 Å². The van der Waals surface area contributed by atoms with Gasteiger partial charge in [-0.2, -0.15) is 0 Å². The standard InChI is InChI=1S/C14H21N3O3/c1-3-16-13-4-5-15-6-12(13)14(19)17-7-10(2)20-11(8-17)9-18/h4-6,10-11,18H,3,7-9H2,1-2H3,(H,15,16). The van der Waals surface area contributed by atoms with Crippen molar-refractivity contribution in [1.82, 2.24) is 9.88 Å². The molecule has 20 heavy (non-hydrogen) atoms. The van der Waals surface area contributed by atoms with Crippen molar-refractivity contribution < 1.29 is 14.6 Å². The van der Waals surface area contributed by atoms with Crippen molar-refractivity contribution in [2.75, 3.05) is 31.6 Å². The third-order valence-corrected chi connectivity index (χ3v) is 3.24. The van der Waals surface area contributed by atoms with E-state index in [2.05, 4.69) is 10.3 Å². The van der Waals surface area contributed by atoms with E-state index in [9.17, 15) is 9.90 Å². The average Bonchev–Trinajstić information content (AvgIpc) is 2.46. The van der Waals surface area contributed by atoms with Crippen LogP contribution in [0.2, 0.25) is 0 Å². The molecule has 1 aliphatic rings. The first-order valence-electron chi connectivity index (χ1n) is 6.89. The molecule has 2 atom stereocenters. The number of hydrogen-bond acceptors (Lipinski definition) is 5. The van der Waals surface area contributed by atoms with Crippen molar-refractivity contribution in [2.45, 2.75) is 26.1 Å². The summed E-state index contributed by atoms with van der Waals surface area (Å²) in [5.41, 5.74) is 1.34. The van der Waals surface area contributed by atoms with Gasteiger partial charge in [0, 0.05) is 32.0 Å². The summed E-state index contributed by atoms with van der Waals surface area (Å²) >= 11 is 0. The molecular formula is C14H21N3O3. The van der Waals surface area contributed by atoms with E-state index in [1.807, 2.05) is 13.8 Å². The highest BCUT2D eigenvalue weighted by Gasteiger charge is 2.29. The molecule has 1 aromatic heterocycles. The Labute approximate surface area is 118 Å². The van der Waals surface area contributed by atoms with Gasteiger partial charge in [-0.3, -0.25) is 9.78 Å². The maximum atomic E-state index is 12.6. The molecule has 0 bridgehead atoms. The highest BCUT2D eigenvalue weighted by molar-refractivity contribution is 5.99. The molecule has 2 heterocycles. The number of carbonyl (C=O) groups is 1. The van der Waals surface area contributed by atoms with Crippen LogP contribution in [0.3, 0.4) is 0 Å². The van der Waals surface area contributed by atoms with Gasteiger partial charge in [0.1, 0.15) is 0 Å². The van der Waals surface area contributed by atoms with Gasteiger partial charge in [0.25, 0.3) is 5.91 Å². The molecule has 1 amide bonds. The van der Waals surface area contributed by atoms with Crippen molar-refractivity contribution >= 4 is 11.6 Å². The molecule has 0 aromatic carbocycles. The first kappa shape index (κ1) is 14.7. The number of aromatic nitrogens is 1. The summed E-state index contributed by atoms with van der Waals surface area (Å²) in [6.45, 7) is 5.46. The van der Waals surface area contributed by atoms with Gasteiger partial charge in [-0.05, 0) is 19.9 Å². The van der Waals surface area contributed by atoms with Crippen molar-refractivity contribution in [2.24, 2.45) is 0 Å². The number of amides is 1. The fraction of sp³-hybridized carbons (Fsp3) is 0.571. The molecule has 0 aliphatic carbocycles. The van der Waals surface area contributed by atoms with Gasteiger partial charge in [0.05, 0.1) is 30.1 Å². The van der Waals surface area contributed by atoms with E-state index in [0.717, 1.165) is 12.2 Å². The SMILES string of the molecule is CCNc1ccncc1C(=O)N1CC(C)OC(CO)C1. The van der Waals surface area contributed by atoms with E-state index in [1.54, 1.807) is 23.4 Å². The number of hydrogen-bond donors (Lipinski definition) is 2. The third kappa shape index (κ3) is 3.26. The van der Waals surface area contributed by atoms with E-state index in [-0.39, 0.29) is 24.7 Å². The van der Waals surface area contributed by atoms with Crippen LogP contribution in [0.1, 0.15) is 24.2 Å². The van der Waals surface area contributed by atoms with Crippen LogP contribution in [0.15, 0.2) is 18.5 Å². The summed E-state index contributed by atoms with van der Waals surface area (Å²) in [6, 6.07) is 1.80. The Morgan fingerprint density at radius 3 is 3.10 bits per heavy atom. The minimum atomic E-state index is -0.318. The second-order valence-corrected chi connectivity index (χ2v) is 4.91. The molecule has 1 fully saturated rings. The summed E-state index contributed by atoms with van der Waals surface area (Å²) in [7, 11) is 0. The number of aliphatic hydroxyl groups is 1. The number of anilines is 1. The van der Waals surface area contributed by atoms with Gasteiger partial charge in [0.2, 0.25) is 0 Å². The van der Waals surface area contributed by atoms with Crippen molar-refractivity contribution in [3.63, 3.8) is 0 Å². The first-order chi connectivity index (χ1) is 9.65. The van der Waals surface area contributed by atoms with E-state index in [1.165, 1.54) is 0 Å². The summed E-state index contributed by atoms with van der Waals surface area (Å²) < 4.78 is 5.55. The lowest BCUT2D eigenvalue weighted by Gasteiger charge is -2.36. The Bertz CT molecular complexity index is 467. The highest BCUT2D eigenvalue weighted by Crippen LogP contribution is 2.19. The zero-order valence-corrected chi connectivity index (χ0v) is 11.9. The average molecular weight is 279 g/mol. The van der Waals surface area contributed by atoms with E-state index in [4.69, 9.17) is 4.74 Å². The maximum Gasteiger partial charge on any atom is 0.257 e. The molecule has 0 spiro atoms. The second kappa shape index (κ2) is 6.67. The predicted molar refractivity (Wildman–Crippen MR) is 75.7 cm³/mol. The quantitative estimate of drug-likeness (QED) is 0.850. The van der Waals surface area contributed by atoms with Crippen LogP contribution in [-0.2, 0) is 4.74 Å². The van der Waals surface area contributed by atoms with Gasteiger partial charge >= 0.3 is 0 Å². The highest BCUT2D eigenvalue weighted by atomic mass is 16.5. The maximum absolute atomic E-state index is 12.6. The first-order valence-corrected chi connectivity index (χ1v) is 6.89. The summed E-state index contributed by atoms with van der Waals surface area (Å²) in [5, 5.41) is 12.4. The van der Waals surface area contributed by atoms with Crippen LogP contribution in [-0.4, -0.2) is 59.3 Å². The number of aliphatic hydroxyl groups excluding tert-OH is 1. The minimum absolute atomic E-state index is 0.0795. The van der Waals surface area contributed by atoms with Crippen molar-refractivity contribution in [3.05, 3.63) is 24.0 Å². The lowest BCUT2D eigenvalue weighted by Crippen LogP contribution is -2.50. The van der Waals surface area contributed by atoms with Crippen LogP contribution < -0.4 is 5.32 Å². The fourth-order valence-corrected chi connectivity index (χ4v) is 2.39. The van der Waals surface area contributed by atoms with Crippen LogP contribution in [0.25, 0.3) is 0 Å². The zero-order valence-electron chi connectivity index (χ0n) is 11.9. The van der Waals surface area contributed by atoms with Crippen molar-refractivity contribution in [3.8, 4) is 0 Å². The Hall–Kier alpha value is -1.66. The number of carbonyl (C=O) groups excluding carboxylic acids is 1. The van der Waals surface area contributed by atoms with Crippen LogP contribution >= 0.6 is 0 Å². The van der Waals surface area contributed by atoms with Crippen LogP contribution in [0.4, 0.5) is 5.69 Å². The molecule has 1 saturated heterocycles. The largest absolute Gasteiger partial charge is 0.394 e. The molecule has 6 nitrogen and oxygen atoms in total. The van der Waals surface area contributed by atoms with Crippen LogP contribution in [0, 0.1) is 0 Å². The van der Waals surface area contributed by atoms with E-state index < -0.39 is 0 Å². The molecule has 110 valence electrons. The lowest BCUT2D eigenvalue weighted by molar-refractivity contribution is -0.0858. The van der Waals surface area contributed by atoms with E-state index >= 15 is 0 Å². The van der Waals surface area contributed by atoms with Gasteiger partial charge in [0.15, 0.2) is 0 Å². The summed E-state index contributed by atoms with van der Waals surface area (Å²) in [4.78, 5) is 18.4. The summed E-state index contributed by atoms with van der Waals surface area (Å²) in [6.07, 6.45) is 2.84. The number of pyridine rings is 1. The van der Waals surface area contributed by atoms with Gasteiger partial charge in [-0.15, -0.1) is 0 Å². The van der Waals surface area contributed by atoms with Crippen LogP contribution in [0.5, 0.6) is 0 Å². The Kier molecular flexibility index (Phi) is 4.92. The molecule has 6 heteroatoms. The second-order valence-electron chi connectivity index (χ2n) is 4.91. The van der Waals surface area contributed by atoms with Gasteiger partial charge < -0.3 is 20.1 Å². The molecule has 2 rings (SSSR count). The minimum Gasteiger partial charge on any atom is -0.394 e. The molecule has 0 radical (unpaired) electrons. The van der Waals surface area contributed by atoms with Crippen molar-refractivity contribution in [1.29, 1.82) is 0 Å². The monoisotopic (exact) mass is 279 g/mol. The van der Waals surface area contributed by atoms with E-state index in [0.29, 0.717) is 18.7 Å². The number of nitrogens with one attached hydrogen (secondary N) is 1. The molecule has 0 saturated carbocycles. The Morgan fingerprint density at radius 1 is 1.60 bits per heavy atom. The smallest absolute Gasteiger partial charge is 0.257 e. The number of rotatable bonds is 4. The lowest BCUT2D eigenvalue weighted by atomic mass is 10.1. The fourth-order valence-electron chi connectivity index (χ4n) is 2.39. The normalized spacial score (nSPS) is 22.6. The zero-order chi connectivity index (χ0) is 14.5. The number of nitrogens with zero attached hydrogens (tertiary/aromatic N) is 2. The Morgan fingerprint density at radius 2 is 2.40 bits per heavy atom. The Balaban J connectivity index is 2.18. The molecule has 1 aliphatic heterocycles. The van der Waals surface area contributed by atoms with Gasteiger partial charge in [-0.25, -0.2) is 0 Å². The topological polar surface area (TPSA) is 74.7 Å². The molecule has 2 unspecified atom stereocenters. The predicted octanol–water partition coefficient (Wildman–Crippen LogP) is 0.735. The molecule has 1 aromatic rings. The number of ether oxygens (including phenoxy) is 1.